The van der Waals surface area contributed by atoms with E-state index in [-0.39, 0.29) is 24.8 Å². The Morgan fingerprint density at radius 2 is 1.83 bits per heavy atom. The lowest BCUT2D eigenvalue weighted by molar-refractivity contribution is 0.529. The second-order valence-electron chi connectivity index (χ2n) is 5.95. The van der Waals surface area contributed by atoms with Gasteiger partial charge in [0, 0.05) is 24.0 Å². The molecule has 2 aromatic rings. The first-order chi connectivity index (χ1) is 10.2. The third-order valence-corrected chi connectivity index (χ3v) is 4.70. The lowest BCUT2D eigenvalue weighted by Gasteiger charge is -2.37. The maximum atomic E-state index is 6.12. The Morgan fingerprint density at radius 3 is 2.52 bits per heavy atom. The van der Waals surface area contributed by atoms with Crippen molar-refractivity contribution < 1.29 is 0 Å². The van der Waals surface area contributed by atoms with Crippen LogP contribution in [0.25, 0.3) is 0 Å². The molecule has 0 fully saturated rings. The SMILES string of the molecule is CCN(c1ccccc1C)C1CCc2c(N)cccc2C1.Cl.Cl. The molecule has 0 saturated carbocycles. The summed E-state index contributed by atoms with van der Waals surface area (Å²) >= 11 is 0. The molecular formula is C19H26Cl2N2. The van der Waals surface area contributed by atoms with Crippen LogP contribution in [0.5, 0.6) is 0 Å². The Balaban J connectivity index is 0.00000132. The maximum Gasteiger partial charge on any atom is 0.0398 e. The number of anilines is 2. The van der Waals surface area contributed by atoms with Crippen molar-refractivity contribution in [1.29, 1.82) is 0 Å². The van der Waals surface area contributed by atoms with E-state index in [1.165, 1.54) is 28.8 Å². The molecule has 1 aliphatic rings. The summed E-state index contributed by atoms with van der Waals surface area (Å²) in [5.74, 6) is 0. The predicted molar refractivity (Wildman–Crippen MR) is 105 cm³/mol. The average Bonchev–Trinajstić information content (AvgIpc) is 2.50. The van der Waals surface area contributed by atoms with Crippen LogP contribution in [-0.2, 0) is 12.8 Å². The van der Waals surface area contributed by atoms with Gasteiger partial charge in [-0.05, 0) is 61.9 Å². The fourth-order valence-electron chi connectivity index (χ4n) is 3.59. The van der Waals surface area contributed by atoms with Gasteiger partial charge in [-0.3, -0.25) is 0 Å². The van der Waals surface area contributed by atoms with Crippen LogP contribution in [0.3, 0.4) is 0 Å². The molecule has 126 valence electrons. The summed E-state index contributed by atoms with van der Waals surface area (Å²) in [5, 5.41) is 0. The van der Waals surface area contributed by atoms with E-state index in [2.05, 4.69) is 55.1 Å². The molecule has 2 nitrogen and oxygen atoms in total. The maximum absolute atomic E-state index is 6.12. The van der Waals surface area contributed by atoms with Crippen LogP contribution in [0.1, 0.15) is 30.0 Å². The fraction of sp³-hybridized carbons (Fsp3) is 0.368. The zero-order valence-corrected chi connectivity index (χ0v) is 15.4. The second kappa shape index (κ2) is 8.47. The molecule has 1 atom stereocenters. The highest BCUT2D eigenvalue weighted by Gasteiger charge is 2.25. The number of likely N-dealkylation sites (N-methyl/N-ethyl adjacent to an activating group) is 1. The number of benzene rings is 2. The summed E-state index contributed by atoms with van der Waals surface area (Å²) in [7, 11) is 0. The van der Waals surface area contributed by atoms with Gasteiger partial charge in [0.15, 0.2) is 0 Å². The number of fused-ring (bicyclic) bond motifs is 1. The third kappa shape index (κ3) is 3.94. The fourth-order valence-corrected chi connectivity index (χ4v) is 3.59. The van der Waals surface area contributed by atoms with E-state index in [4.69, 9.17) is 5.73 Å². The van der Waals surface area contributed by atoms with Gasteiger partial charge in [-0.15, -0.1) is 24.8 Å². The molecule has 3 rings (SSSR count). The van der Waals surface area contributed by atoms with Crippen molar-refractivity contribution in [1.82, 2.24) is 0 Å². The van der Waals surface area contributed by atoms with E-state index in [1.54, 1.807) is 0 Å². The Bertz CT molecular complexity index is 643. The molecule has 1 aliphatic carbocycles. The summed E-state index contributed by atoms with van der Waals surface area (Å²) in [6, 6.07) is 15.6. The van der Waals surface area contributed by atoms with Gasteiger partial charge in [-0.2, -0.15) is 0 Å². The highest BCUT2D eigenvalue weighted by molar-refractivity contribution is 5.85. The van der Waals surface area contributed by atoms with Gasteiger partial charge in [-0.1, -0.05) is 30.3 Å². The van der Waals surface area contributed by atoms with E-state index in [9.17, 15) is 0 Å². The smallest absolute Gasteiger partial charge is 0.0398 e. The van der Waals surface area contributed by atoms with Crippen LogP contribution in [0, 0.1) is 6.92 Å². The van der Waals surface area contributed by atoms with Gasteiger partial charge >= 0.3 is 0 Å². The summed E-state index contributed by atoms with van der Waals surface area (Å²) in [4.78, 5) is 2.56. The van der Waals surface area contributed by atoms with Crippen molar-refractivity contribution in [3.05, 3.63) is 59.2 Å². The molecule has 0 spiro atoms. The lowest BCUT2D eigenvalue weighted by Crippen LogP contribution is -2.39. The Labute approximate surface area is 151 Å². The van der Waals surface area contributed by atoms with Crippen molar-refractivity contribution in [3.63, 3.8) is 0 Å². The molecule has 0 amide bonds. The zero-order chi connectivity index (χ0) is 14.8. The molecule has 0 heterocycles. The van der Waals surface area contributed by atoms with Crippen LogP contribution in [0.4, 0.5) is 11.4 Å². The van der Waals surface area contributed by atoms with Crippen LogP contribution in [0.15, 0.2) is 42.5 Å². The number of nitrogens with two attached hydrogens (primary N) is 1. The largest absolute Gasteiger partial charge is 0.398 e. The molecule has 0 aromatic heterocycles. The molecule has 23 heavy (non-hydrogen) atoms. The highest BCUT2D eigenvalue weighted by atomic mass is 35.5. The summed E-state index contributed by atoms with van der Waals surface area (Å²) in [5.41, 5.74) is 12.6. The third-order valence-electron chi connectivity index (χ3n) is 4.70. The molecule has 0 saturated heterocycles. The van der Waals surface area contributed by atoms with Gasteiger partial charge in [0.1, 0.15) is 0 Å². The van der Waals surface area contributed by atoms with E-state index in [0.29, 0.717) is 6.04 Å². The van der Waals surface area contributed by atoms with E-state index >= 15 is 0 Å². The molecule has 4 heteroatoms. The van der Waals surface area contributed by atoms with E-state index in [0.717, 1.165) is 25.1 Å². The molecule has 2 N–H and O–H groups in total. The molecular weight excluding hydrogens is 327 g/mol. The van der Waals surface area contributed by atoms with Gasteiger partial charge in [0.2, 0.25) is 0 Å². The van der Waals surface area contributed by atoms with Gasteiger partial charge in [0.05, 0.1) is 0 Å². The number of para-hydroxylation sites is 1. The topological polar surface area (TPSA) is 29.3 Å². The molecule has 0 radical (unpaired) electrons. The number of aryl methyl sites for hydroxylation is 1. The van der Waals surface area contributed by atoms with Crippen molar-refractivity contribution in [2.24, 2.45) is 0 Å². The van der Waals surface area contributed by atoms with Crippen molar-refractivity contribution >= 4 is 36.2 Å². The monoisotopic (exact) mass is 352 g/mol. The van der Waals surface area contributed by atoms with E-state index < -0.39 is 0 Å². The Morgan fingerprint density at radius 1 is 1.09 bits per heavy atom. The van der Waals surface area contributed by atoms with Crippen molar-refractivity contribution in [3.8, 4) is 0 Å². The summed E-state index contributed by atoms with van der Waals surface area (Å²) < 4.78 is 0. The summed E-state index contributed by atoms with van der Waals surface area (Å²) in [6.07, 6.45) is 3.38. The zero-order valence-electron chi connectivity index (χ0n) is 13.8. The predicted octanol–water partition coefficient (Wildman–Crippen LogP) is 4.80. The summed E-state index contributed by atoms with van der Waals surface area (Å²) in [6.45, 7) is 5.50. The standard InChI is InChI=1S/C19H24N2.2ClH/c1-3-21(19-10-5-4-7-14(19)2)16-11-12-17-15(13-16)8-6-9-18(17)20;;/h4-10,16H,3,11-13,20H2,1-2H3;2*1H. The average molecular weight is 353 g/mol. The minimum Gasteiger partial charge on any atom is -0.398 e. The first-order valence-corrected chi connectivity index (χ1v) is 7.89. The number of hydrogen-bond donors (Lipinski definition) is 1. The number of halogens is 2. The molecule has 2 aromatic carbocycles. The minimum absolute atomic E-state index is 0. The highest BCUT2D eigenvalue weighted by Crippen LogP contribution is 2.31. The number of nitrogen functional groups attached to an aromatic ring is 1. The minimum atomic E-state index is 0. The van der Waals surface area contributed by atoms with Gasteiger partial charge in [0.25, 0.3) is 0 Å². The van der Waals surface area contributed by atoms with Crippen LogP contribution in [0.2, 0.25) is 0 Å². The number of nitrogens with zero attached hydrogens (tertiary/aromatic N) is 1. The molecule has 0 aliphatic heterocycles. The van der Waals surface area contributed by atoms with E-state index in [1.807, 2.05) is 6.07 Å². The second-order valence-corrected chi connectivity index (χ2v) is 5.95. The number of hydrogen-bond acceptors (Lipinski definition) is 2. The van der Waals surface area contributed by atoms with Crippen LogP contribution < -0.4 is 10.6 Å². The van der Waals surface area contributed by atoms with Crippen molar-refractivity contribution in [2.45, 2.75) is 39.2 Å². The van der Waals surface area contributed by atoms with Gasteiger partial charge in [-0.25, -0.2) is 0 Å². The number of rotatable bonds is 3. The Kier molecular flexibility index (Phi) is 7.24. The van der Waals surface area contributed by atoms with Gasteiger partial charge < -0.3 is 10.6 Å². The molecule has 1 unspecified atom stereocenters. The van der Waals surface area contributed by atoms with Crippen LogP contribution in [-0.4, -0.2) is 12.6 Å². The first kappa shape index (κ1) is 19.7. The molecule has 0 bridgehead atoms. The lowest BCUT2D eigenvalue weighted by atomic mass is 9.86. The Hall–Kier alpha value is -1.38. The van der Waals surface area contributed by atoms with Crippen LogP contribution >= 0.6 is 24.8 Å². The quantitative estimate of drug-likeness (QED) is 0.803. The van der Waals surface area contributed by atoms with Crippen molar-refractivity contribution in [2.75, 3.05) is 17.2 Å². The first-order valence-electron chi connectivity index (χ1n) is 7.89. The normalized spacial score (nSPS) is 15.8.